The highest BCUT2D eigenvalue weighted by Gasteiger charge is 2.29. The van der Waals surface area contributed by atoms with E-state index >= 15 is 0 Å². The predicted molar refractivity (Wildman–Crippen MR) is 60.7 cm³/mol. The topological polar surface area (TPSA) is 58.6 Å². The number of hydrogen-bond acceptors (Lipinski definition) is 3. The van der Waals surface area contributed by atoms with Crippen LogP contribution in [0.3, 0.4) is 0 Å². The minimum Gasteiger partial charge on any atom is -0.507 e. The fourth-order valence-electron chi connectivity index (χ4n) is 1.23. The van der Waals surface area contributed by atoms with Crippen LogP contribution in [0.15, 0.2) is 16.6 Å². The maximum Gasteiger partial charge on any atom is 0.405 e. The number of rotatable bonds is 3. The van der Waals surface area contributed by atoms with Crippen LogP contribution in [0.5, 0.6) is 11.5 Å². The summed E-state index contributed by atoms with van der Waals surface area (Å²) in [6.45, 7) is -1.48. The van der Waals surface area contributed by atoms with Gasteiger partial charge in [0.15, 0.2) is 0 Å². The number of phenols is 1. The minimum absolute atomic E-state index is 0.0263. The van der Waals surface area contributed by atoms with E-state index < -0.39 is 24.4 Å². The van der Waals surface area contributed by atoms with Gasteiger partial charge in [0.05, 0.1) is 7.11 Å². The SMILES string of the molecule is COc1cc(Br)cc(O)c1C(=O)NCC(F)(F)F. The zero-order valence-electron chi connectivity index (χ0n) is 9.14. The second-order valence-electron chi connectivity index (χ2n) is 3.30. The number of carbonyl (C=O) groups excluding carboxylic acids is 1. The molecule has 0 radical (unpaired) electrons. The van der Waals surface area contributed by atoms with E-state index in [1.807, 2.05) is 0 Å². The molecular weight excluding hydrogens is 319 g/mol. The van der Waals surface area contributed by atoms with Crippen LogP contribution in [-0.2, 0) is 0 Å². The van der Waals surface area contributed by atoms with Crippen LogP contribution in [0.4, 0.5) is 13.2 Å². The standard InChI is InChI=1S/C10H9BrF3NO3/c1-18-7-3-5(11)2-6(16)8(7)9(17)15-4-10(12,13)14/h2-3,16H,4H2,1H3,(H,15,17). The predicted octanol–water partition coefficient (Wildman–Crippen LogP) is 2.46. The summed E-state index contributed by atoms with van der Waals surface area (Å²) in [4.78, 5) is 11.5. The zero-order valence-corrected chi connectivity index (χ0v) is 10.7. The Kier molecular flexibility index (Phi) is 4.44. The van der Waals surface area contributed by atoms with E-state index in [1.165, 1.54) is 19.2 Å². The third kappa shape index (κ3) is 3.80. The largest absolute Gasteiger partial charge is 0.507 e. The molecule has 1 amide bonds. The Balaban J connectivity index is 2.98. The summed E-state index contributed by atoms with van der Waals surface area (Å²) in [7, 11) is 1.24. The van der Waals surface area contributed by atoms with Gasteiger partial charge in [-0.15, -0.1) is 0 Å². The number of nitrogens with one attached hydrogen (secondary N) is 1. The highest BCUT2D eigenvalue weighted by molar-refractivity contribution is 9.10. The number of hydrogen-bond donors (Lipinski definition) is 2. The van der Waals surface area contributed by atoms with Crippen LogP contribution in [0.1, 0.15) is 10.4 Å². The summed E-state index contributed by atoms with van der Waals surface area (Å²) < 4.78 is 41.2. The van der Waals surface area contributed by atoms with Gasteiger partial charge in [0.25, 0.3) is 5.91 Å². The summed E-state index contributed by atoms with van der Waals surface area (Å²) in [5.74, 6) is -1.56. The van der Waals surface area contributed by atoms with Crippen molar-refractivity contribution in [1.82, 2.24) is 5.32 Å². The first-order chi connectivity index (χ1) is 8.24. The number of amides is 1. The number of halogens is 4. The Labute approximate surface area is 109 Å². The molecule has 0 heterocycles. The van der Waals surface area contributed by atoms with Gasteiger partial charge in [-0.25, -0.2) is 0 Å². The third-order valence-corrected chi connectivity index (χ3v) is 2.40. The molecule has 0 saturated carbocycles. The van der Waals surface area contributed by atoms with Crippen LogP contribution in [-0.4, -0.2) is 30.8 Å². The Morgan fingerprint density at radius 1 is 1.50 bits per heavy atom. The van der Waals surface area contributed by atoms with Crippen molar-refractivity contribution in [3.05, 3.63) is 22.2 Å². The number of aromatic hydroxyl groups is 1. The molecule has 8 heteroatoms. The first-order valence-electron chi connectivity index (χ1n) is 4.66. The molecule has 1 aromatic rings. The van der Waals surface area contributed by atoms with Crippen LogP contribution in [0.25, 0.3) is 0 Å². The molecular formula is C10H9BrF3NO3. The summed E-state index contributed by atoms with van der Waals surface area (Å²) in [5, 5.41) is 11.2. The van der Waals surface area contributed by atoms with Crippen molar-refractivity contribution in [2.24, 2.45) is 0 Å². The van der Waals surface area contributed by atoms with E-state index in [0.717, 1.165) is 0 Å². The molecule has 18 heavy (non-hydrogen) atoms. The van der Waals surface area contributed by atoms with Gasteiger partial charge in [-0.3, -0.25) is 4.79 Å². The highest BCUT2D eigenvalue weighted by atomic mass is 79.9. The summed E-state index contributed by atoms with van der Waals surface area (Å²) >= 11 is 3.06. The number of benzene rings is 1. The van der Waals surface area contributed by atoms with E-state index in [-0.39, 0.29) is 11.3 Å². The van der Waals surface area contributed by atoms with Crippen molar-refractivity contribution in [2.45, 2.75) is 6.18 Å². The Morgan fingerprint density at radius 3 is 2.61 bits per heavy atom. The zero-order chi connectivity index (χ0) is 13.9. The monoisotopic (exact) mass is 327 g/mol. The molecule has 0 unspecified atom stereocenters. The van der Waals surface area contributed by atoms with Gasteiger partial charge in [0.2, 0.25) is 0 Å². The molecule has 0 fully saturated rings. The molecule has 1 aromatic carbocycles. The quantitative estimate of drug-likeness (QED) is 0.896. The van der Waals surface area contributed by atoms with E-state index in [1.54, 1.807) is 5.32 Å². The Bertz CT molecular complexity index is 462. The number of methoxy groups -OCH3 is 1. The van der Waals surface area contributed by atoms with E-state index in [9.17, 15) is 23.1 Å². The smallest absolute Gasteiger partial charge is 0.405 e. The number of alkyl halides is 3. The van der Waals surface area contributed by atoms with Crippen molar-refractivity contribution in [2.75, 3.05) is 13.7 Å². The molecule has 4 nitrogen and oxygen atoms in total. The fraction of sp³-hybridized carbons (Fsp3) is 0.300. The molecule has 0 aliphatic heterocycles. The Morgan fingerprint density at radius 2 is 2.11 bits per heavy atom. The first kappa shape index (κ1) is 14.6. The molecule has 0 aromatic heterocycles. The maximum atomic E-state index is 12.0. The molecule has 0 atom stereocenters. The second kappa shape index (κ2) is 5.47. The van der Waals surface area contributed by atoms with Gasteiger partial charge < -0.3 is 15.2 Å². The summed E-state index contributed by atoms with van der Waals surface area (Å²) in [6, 6.07) is 2.55. The lowest BCUT2D eigenvalue weighted by atomic mass is 10.1. The van der Waals surface area contributed by atoms with Crippen molar-refractivity contribution in [1.29, 1.82) is 0 Å². The lowest BCUT2D eigenvalue weighted by molar-refractivity contribution is -0.123. The summed E-state index contributed by atoms with van der Waals surface area (Å²) in [6.07, 6.45) is -4.52. The number of phenolic OH excluding ortho intramolecular Hbond substituents is 1. The van der Waals surface area contributed by atoms with Gasteiger partial charge in [-0.05, 0) is 12.1 Å². The molecule has 100 valence electrons. The van der Waals surface area contributed by atoms with Crippen molar-refractivity contribution < 1.29 is 27.8 Å². The van der Waals surface area contributed by atoms with E-state index in [0.29, 0.717) is 4.47 Å². The van der Waals surface area contributed by atoms with Crippen molar-refractivity contribution in [3.8, 4) is 11.5 Å². The number of ether oxygens (including phenoxy) is 1. The van der Waals surface area contributed by atoms with Gasteiger partial charge in [0, 0.05) is 4.47 Å². The molecule has 0 bridgehead atoms. The maximum absolute atomic E-state index is 12.0. The fourth-order valence-corrected chi connectivity index (χ4v) is 1.65. The lowest BCUT2D eigenvalue weighted by Gasteiger charge is -2.12. The molecule has 0 aliphatic carbocycles. The van der Waals surface area contributed by atoms with E-state index in [4.69, 9.17) is 4.74 Å². The minimum atomic E-state index is -4.52. The van der Waals surface area contributed by atoms with Crippen molar-refractivity contribution in [3.63, 3.8) is 0 Å². The second-order valence-corrected chi connectivity index (χ2v) is 4.22. The van der Waals surface area contributed by atoms with E-state index in [2.05, 4.69) is 15.9 Å². The molecule has 1 rings (SSSR count). The average Bonchev–Trinajstić information content (AvgIpc) is 2.23. The lowest BCUT2D eigenvalue weighted by Crippen LogP contribution is -2.33. The Hall–Kier alpha value is -1.44. The first-order valence-corrected chi connectivity index (χ1v) is 5.45. The van der Waals surface area contributed by atoms with Gasteiger partial charge in [-0.1, -0.05) is 15.9 Å². The number of carbonyl (C=O) groups is 1. The molecule has 2 N–H and O–H groups in total. The normalized spacial score (nSPS) is 11.2. The molecule has 0 spiro atoms. The highest BCUT2D eigenvalue weighted by Crippen LogP contribution is 2.32. The van der Waals surface area contributed by atoms with Gasteiger partial charge in [0.1, 0.15) is 23.6 Å². The van der Waals surface area contributed by atoms with Crippen LogP contribution >= 0.6 is 15.9 Å². The average molecular weight is 328 g/mol. The van der Waals surface area contributed by atoms with Crippen LogP contribution in [0, 0.1) is 0 Å². The van der Waals surface area contributed by atoms with Crippen molar-refractivity contribution >= 4 is 21.8 Å². The molecule has 0 saturated heterocycles. The van der Waals surface area contributed by atoms with Crippen LogP contribution in [0.2, 0.25) is 0 Å². The summed E-state index contributed by atoms with van der Waals surface area (Å²) in [5.41, 5.74) is -0.343. The van der Waals surface area contributed by atoms with Gasteiger partial charge >= 0.3 is 6.18 Å². The van der Waals surface area contributed by atoms with Gasteiger partial charge in [-0.2, -0.15) is 13.2 Å². The molecule has 0 aliphatic rings. The van der Waals surface area contributed by atoms with Crippen LogP contribution < -0.4 is 10.1 Å². The third-order valence-electron chi connectivity index (χ3n) is 1.94.